The van der Waals surface area contributed by atoms with Crippen molar-refractivity contribution in [3.63, 3.8) is 0 Å². The first-order valence-electron chi connectivity index (χ1n) is 5.78. The Balaban J connectivity index is 2.13. The number of nitrogens with one attached hydrogen (secondary N) is 1. The van der Waals surface area contributed by atoms with E-state index in [2.05, 4.69) is 10.3 Å². The van der Waals surface area contributed by atoms with Crippen molar-refractivity contribution in [2.24, 2.45) is 0 Å². The molecule has 0 spiro atoms. The quantitative estimate of drug-likeness (QED) is 0.833. The first-order valence-corrected chi connectivity index (χ1v) is 5.78. The summed E-state index contributed by atoms with van der Waals surface area (Å²) in [6.07, 6.45) is 1.28. The molecule has 0 aliphatic carbocycles. The van der Waals surface area contributed by atoms with Crippen molar-refractivity contribution in [1.29, 1.82) is 0 Å². The van der Waals surface area contributed by atoms with Crippen LogP contribution in [0.3, 0.4) is 0 Å². The molecule has 4 nitrogen and oxygen atoms in total. The van der Waals surface area contributed by atoms with Gasteiger partial charge in [0.2, 0.25) is 5.95 Å². The molecule has 1 unspecified atom stereocenters. The van der Waals surface area contributed by atoms with Crippen LogP contribution in [-0.4, -0.2) is 16.0 Å². The van der Waals surface area contributed by atoms with Gasteiger partial charge in [-0.05, 0) is 36.8 Å². The molecule has 0 aliphatic heterocycles. The lowest BCUT2D eigenvalue weighted by atomic mass is 10.1. The summed E-state index contributed by atoms with van der Waals surface area (Å²) in [6.45, 7) is 1.75. The van der Waals surface area contributed by atoms with Gasteiger partial charge in [-0.1, -0.05) is 12.1 Å². The zero-order chi connectivity index (χ0) is 13.8. The van der Waals surface area contributed by atoms with Gasteiger partial charge in [0.15, 0.2) is 0 Å². The average molecular weight is 260 g/mol. The number of benzene rings is 1. The molecule has 2 rings (SSSR count). The molecule has 0 radical (unpaired) electrons. The summed E-state index contributed by atoms with van der Waals surface area (Å²) in [5.74, 6) is -1.23. The fraction of sp³-hybridized carbons (Fsp3) is 0.143. The normalized spacial score (nSPS) is 11.9. The van der Waals surface area contributed by atoms with Gasteiger partial charge in [-0.3, -0.25) is 4.79 Å². The van der Waals surface area contributed by atoms with Crippen LogP contribution in [0.5, 0.6) is 5.75 Å². The third kappa shape index (κ3) is 3.07. The maximum absolute atomic E-state index is 13.3. The maximum Gasteiger partial charge on any atom is 0.256 e. The third-order valence-electron chi connectivity index (χ3n) is 2.72. The molecule has 98 valence electrons. The van der Waals surface area contributed by atoms with E-state index in [0.717, 1.165) is 5.56 Å². The van der Waals surface area contributed by atoms with Gasteiger partial charge < -0.3 is 10.4 Å². The molecular weight excluding hydrogens is 247 g/mol. The van der Waals surface area contributed by atoms with E-state index >= 15 is 0 Å². The summed E-state index contributed by atoms with van der Waals surface area (Å²) in [5, 5.41) is 12.0. The van der Waals surface area contributed by atoms with Crippen molar-refractivity contribution in [1.82, 2.24) is 10.3 Å². The smallest absolute Gasteiger partial charge is 0.256 e. The summed E-state index contributed by atoms with van der Waals surface area (Å²) in [5.41, 5.74) is 0.632. The molecule has 5 heteroatoms. The number of hydrogen-bond acceptors (Lipinski definition) is 3. The minimum atomic E-state index is -0.803. The number of halogens is 1. The molecule has 0 bridgehead atoms. The van der Waals surface area contributed by atoms with Crippen LogP contribution in [0.2, 0.25) is 0 Å². The standard InChI is InChI=1S/C14H13FN2O2/c1-9(10-4-2-5-11(18)8-10)17-14(19)12-6-3-7-16-13(12)15/h2-9,18H,1H3,(H,17,19). The second kappa shape index (κ2) is 5.48. The van der Waals surface area contributed by atoms with Crippen molar-refractivity contribution < 1.29 is 14.3 Å². The van der Waals surface area contributed by atoms with Crippen LogP contribution in [0.1, 0.15) is 28.9 Å². The molecule has 0 aliphatic rings. The van der Waals surface area contributed by atoms with Crippen molar-refractivity contribution in [3.05, 3.63) is 59.7 Å². The minimum Gasteiger partial charge on any atom is -0.508 e. The number of phenolic OH excluding ortho intramolecular Hbond substituents is 1. The van der Waals surface area contributed by atoms with Crippen LogP contribution in [0.15, 0.2) is 42.6 Å². The molecular formula is C14H13FN2O2. The van der Waals surface area contributed by atoms with E-state index in [-0.39, 0.29) is 17.4 Å². The Labute approximate surface area is 109 Å². The number of rotatable bonds is 3. The Bertz CT molecular complexity index is 602. The lowest BCUT2D eigenvalue weighted by molar-refractivity contribution is 0.0935. The summed E-state index contributed by atoms with van der Waals surface area (Å²) < 4.78 is 13.3. The number of carbonyl (C=O) groups excluding carboxylic acids is 1. The van der Waals surface area contributed by atoms with Gasteiger partial charge in [0, 0.05) is 6.20 Å². The molecule has 2 N–H and O–H groups in total. The van der Waals surface area contributed by atoms with Crippen molar-refractivity contribution in [2.75, 3.05) is 0 Å². The van der Waals surface area contributed by atoms with E-state index in [1.165, 1.54) is 18.3 Å². The number of carbonyl (C=O) groups is 1. The number of phenols is 1. The van der Waals surface area contributed by atoms with Crippen LogP contribution < -0.4 is 5.32 Å². The highest BCUT2D eigenvalue weighted by Crippen LogP contribution is 2.18. The van der Waals surface area contributed by atoms with Gasteiger partial charge in [0.25, 0.3) is 5.91 Å². The largest absolute Gasteiger partial charge is 0.508 e. The summed E-state index contributed by atoms with van der Waals surface area (Å²) >= 11 is 0. The molecule has 19 heavy (non-hydrogen) atoms. The van der Waals surface area contributed by atoms with E-state index < -0.39 is 11.9 Å². The number of nitrogens with zero attached hydrogens (tertiary/aromatic N) is 1. The highest BCUT2D eigenvalue weighted by Gasteiger charge is 2.15. The molecule has 1 atom stereocenters. The molecule has 2 aromatic rings. The molecule has 1 amide bonds. The van der Waals surface area contributed by atoms with E-state index in [1.54, 1.807) is 31.2 Å². The van der Waals surface area contributed by atoms with E-state index in [9.17, 15) is 14.3 Å². The van der Waals surface area contributed by atoms with Gasteiger partial charge in [-0.25, -0.2) is 4.98 Å². The number of aromatic nitrogens is 1. The monoisotopic (exact) mass is 260 g/mol. The predicted molar refractivity (Wildman–Crippen MR) is 68.2 cm³/mol. The summed E-state index contributed by atoms with van der Waals surface area (Å²) in [7, 11) is 0. The molecule has 0 fully saturated rings. The minimum absolute atomic E-state index is 0.102. The number of amides is 1. The van der Waals surface area contributed by atoms with Crippen LogP contribution >= 0.6 is 0 Å². The third-order valence-corrected chi connectivity index (χ3v) is 2.72. The Kier molecular flexibility index (Phi) is 3.75. The average Bonchev–Trinajstić information content (AvgIpc) is 2.39. The number of pyridine rings is 1. The van der Waals surface area contributed by atoms with Gasteiger partial charge in [0.1, 0.15) is 5.75 Å². The summed E-state index contributed by atoms with van der Waals surface area (Å²) in [6, 6.07) is 9.05. The fourth-order valence-electron chi connectivity index (χ4n) is 1.71. The van der Waals surface area contributed by atoms with Crippen LogP contribution in [0.25, 0.3) is 0 Å². The van der Waals surface area contributed by atoms with Gasteiger partial charge in [-0.2, -0.15) is 4.39 Å². The molecule has 1 heterocycles. The first kappa shape index (κ1) is 13.0. The zero-order valence-corrected chi connectivity index (χ0v) is 10.3. The van der Waals surface area contributed by atoms with Crippen molar-refractivity contribution in [2.45, 2.75) is 13.0 Å². The highest BCUT2D eigenvalue weighted by molar-refractivity contribution is 5.94. The first-order chi connectivity index (χ1) is 9.08. The Morgan fingerprint density at radius 2 is 2.16 bits per heavy atom. The van der Waals surface area contributed by atoms with Gasteiger partial charge >= 0.3 is 0 Å². The maximum atomic E-state index is 13.3. The molecule has 0 saturated heterocycles. The van der Waals surface area contributed by atoms with Crippen molar-refractivity contribution >= 4 is 5.91 Å². The van der Waals surface area contributed by atoms with Gasteiger partial charge in [-0.15, -0.1) is 0 Å². The Hall–Kier alpha value is -2.43. The highest BCUT2D eigenvalue weighted by atomic mass is 19.1. The Morgan fingerprint density at radius 1 is 1.37 bits per heavy atom. The fourth-order valence-corrected chi connectivity index (χ4v) is 1.71. The summed E-state index contributed by atoms with van der Waals surface area (Å²) in [4.78, 5) is 15.3. The van der Waals surface area contributed by atoms with E-state index in [0.29, 0.717) is 0 Å². The zero-order valence-electron chi connectivity index (χ0n) is 10.3. The lowest BCUT2D eigenvalue weighted by Gasteiger charge is -2.14. The number of hydrogen-bond donors (Lipinski definition) is 2. The van der Waals surface area contributed by atoms with Crippen LogP contribution in [0, 0.1) is 5.95 Å². The second-order valence-electron chi connectivity index (χ2n) is 4.13. The van der Waals surface area contributed by atoms with Crippen molar-refractivity contribution in [3.8, 4) is 5.75 Å². The van der Waals surface area contributed by atoms with E-state index in [4.69, 9.17) is 0 Å². The molecule has 0 saturated carbocycles. The van der Waals surface area contributed by atoms with Crippen LogP contribution in [0.4, 0.5) is 4.39 Å². The van der Waals surface area contributed by atoms with Gasteiger partial charge in [0.05, 0.1) is 11.6 Å². The molecule has 1 aromatic carbocycles. The lowest BCUT2D eigenvalue weighted by Crippen LogP contribution is -2.27. The Morgan fingerprint density at radius 3 is 2.84 bits per heavy atom. The topological polar surface area (TPSA) is 62.2 Å². The SMILES string of the molecule is CC(NC(=O)c1cccnc1F)c1cccc(O)c1. The number of aromatic hydroxyl groups is 1. The van der Waals surface area contributed by atoms with E-state index in [1.807, 2.05) is 0 Å². The molecule has 1 aromatic heterocycles. The predicted octanol–water partition coefficient (Wildman–Crippen LogP) is 2.42. The second-order valence-corrected chi connectivity index (χ2v) is 4.13. The van der Waals surface area contributed by atoms with Crippen LogP contribution in [-0.2, 0) is 0 Å².